The lowest BCUT2D eigenvalue weighted by molar-refractivity contribution is 0.0955. The maximum absolute atomic E-state index is 12.3. The standard InChI is InChI=1S/C16H11ClN2O3S/c1-9-4-10(8-23-9)16(21)19-18-6-11-7-22-14-3-2-12(17)5-13(14)15(11)20/h2-8H,1H3,(H,19,21). The van der Waals surface area contributed by atoms with Gasteiger partial charge in [0.05, 0.1) is 22.7 Å². The first-order valence-corrected chi connectivity index (χ1v) is 7.90. The molecule has 116 valence electrons. The molecule has 0 saturated carbocycles. The fourth-order valence-electron chi connectivity index (χ4n) is 1.99. The molecule has 0 saturated heterocycles. The van der Waals surface area contributed by atoms with Gasteiger partial charge in [0.15, 0.2) is 0 Å². The van der Waals surface area contributed by atoms with Crippen molar-refractivity contribution in [2.24, 2.45) is 5.10 Å². The Morgan fingerprint density at radius 3 is 2.96 bits per heavy atom. The summed E-state index contributed by atoms with van der Waals surface area (Å²) in [5, 5.41) is 6.35. The summed E-state index contributed by atoms with van der Waals surface area (Å²) in [4.78, 5) is 25.2. The Balaban J connectivity index is 1.82. The van der Waals surface area contributed by atoms with Gasteiger partial charge in [-0.25, -0.2) is 5.43 Å². The number of carbonyl (C=O) groups excluding carboxylic acids is 1. The Labute approximate surface area is 140 Å². The van der Waals surface area contributed by atoms with Gasteiger partial charge in [-0.15, -0.1) is 11.3 Å². The number of benzene rings is 1. The van der Waals surface area contributed by atoms with Gasteiger partial charge < -0.3 is 4.42 Å². The Kier molecular flexibility index (Phi) is 4.27. The molecule has 2 heterocycles. The van der Waals surface area contributed by atoms with Crippen molar-refractivity contribution >= 4 is 46.0 Å². The highest BCUT2D eigenvalue weighted by Crippen LogP contribution is 2.16. The van der Waals surface area contributed by atoms with Gasteiger partial charge in [-0.2, -0.15) is 5.10 Å². The first-order valence-electron chi connectivity index (χ1n) is 6.64. The number of nitrogens with zero attached hydrogens (tertiary/aromatic N) is 1. The van der Waals surface area contributed by atoms with E-state index in [0.717, 1.165) is 4.88 Å². The van der Waals surface area contributed by atoms with Crippen LogP contribution in [0.25, 0.3) is 11.0 Å². The third kappa shape index (κ3) is 3.33. The number of aryl methyl sites for hydroxylation is 1. The largest absolute Gasteiger partial charge is 0.463 e. The minimum absolute atomic E-state index is 0.224. The first kappa shape index (κ1) is 15.5. The maximum atomic E-state index is 12.3. The summed E-state index contributed by atoms with van der Waals surface area (Å²) in [7, 11) is 0. The van der Waals surface area contributed by atoms with Gasteiger partial charge in [0, 0.05) is 15.3 Å². The molecule has 0 bridgehead atoms. The lowest BCUT2D eigenvalue weighted by Crippen LogP contribution is -2.18. The topological polar surface area (TPSA) is 71.7 Å². The van der Waals surface area contributed by atoms with Crippen molar-refractivity contribution in [2.75, 3.05) is 0 Å². The molecule has 5 nitrogen and oxygen atoms in total. The quantitative estimate of drug-likeness (QED) is 0.582. The van der Waals surface area contributed by atoms with Crippen LogP contribution >= 0.6 is 22.9 Å². The second-order valence-electron chi connectivity index (χ2n) is 4.81. The molecule has 0 unspecified atom stereocenters. The second kappa shape index (κ2) is 6.36. The zero-order valence-corrected chi connectivity index (χ0v) is 13.6. The van der Waals surface area contributed by atoms with Crippen LogP contribution in [0.3, 0.4) is 0 Å². The number of hydrogen-bond donors (Lipinski definition) is 1. The van der Waals surface area contributed by atoms with Crippen molar-refractivity contribution in [3.63, 3.8) is 0 Å². The number of thiophene rings is 1. The van der Waals surface area contributed by atoms with Gasteiger partial charge in [0.2, 0.25) is 5.43 Å². The molecular formula is C16H11ClN2O3S. The van der Waals surface area contributed by atoms with Crippen molar-refractivity contribution in [3.05, 3.63) is 67.2 Å². The zero-order chi connectivity index (χ0) is 16.4. The Hall–Kier alpha value is -2.44. The average molecular weight is 347 g/mol. The van der Waals surface area contributed by atoms with Crippen molar-refractivity contribution in [1.29, 1.82) is 0 Å². The van der Waals surface area contributed by atoms with Gasteiger partial charge in [-0.1, -0.05) is 11.6 Å². The molecule has 3 rings (SSSR count). The molecule has 0 fully saturated rings. The number of amides is 1. The highest BCUT2D eigenvalue weighted by atomic mass is 35.5. The zero-order valence-electron chi connectivity index (χ0n) is 12.0. The highest BCUT2D eigenvalue weighted by molar-refractivity contribution is 7.10. The summed E-state index contributed by atoms with van der Waals surface area (Å²) in [6.07, 6.45) is 2.55. The molecular weight excluding hydrogens is 336 g/mol. The Morgan fingerprint density at radius 1 is 1.39 bits per heavy atom. The molecule has 0 atom stereocenters. The molecule has 0 aliphatic carbocycles. The van der Waals surface area contributed by atoms with E-state index >= 15 is 0 Å². The first-order chi connectivity index (χ1) is 11.0. The van der Waals surface area contributed by atoms with Crippen molar-refractivity contribution < 1.29 is 9.21 Å². The predicted molar refractivity (Wildman–Crippen MR) is 91.6 cm³/mol. The van der Waals surface area contributed by atoms with E-state index in [9.17, 15) is 9.59 Å². The van der Waals surface area contributed by atoms with Crippen LogP contribution in [0.2, 0.25) is 5.02 Å². The van der Waals surface area contributed by atoms with Gasteiger partial charge in [0.1, 0.15) is 11.8 Å². The summed E-state index contributed by atoms with van der Waals surface area (Å²) < 4.78 is 5.36. The molecule has 1 N–H and O–H groups in total. The highest BCUT2D eigenvalue weighted by Gasteiger charge is 2.08. The minimum Gasteiger partial charge on any atom is -0.463 e. The molecule has 2 aromatic heterocycles. The van der Waals surface area contributed by atoms with Crippen LogP contribution in [0.15, 0.2) is 50.2 Å². The molecule has 0 aliphatic heterocycles. The van der Waals surface area contributed by atoms with Gasteiger partial charge >= 0.3 is 0 Å². The van der Waals surface area contributed by atoms with E-state index in [-0.39, 0.29) is 16.9 Å². The fraction of sp³-hybridized carbons (Fsp3) is 0.0625. The molecule has 7 heteroatoms. The van der Waals surface area contributed by atoms with E-state index in [0.29, 0.717) is 21.6 Å². The van der Waals surface area contributed by atoms with Gasteiger partial charge in [0.25, 0.3) is 5.91 Å². The number of hydrazone groups is 1. The summed E-state index contributed by atoms with van der Waals surface area (Å²) in [5.41, 5.74) is 3.30. The summed E-state index contributed by atoms with van der Waals surface area (Å²) in [6, 6.07) is 6.57. The summed E-state index contributed by atoms with van der Waals surface area (Å²) >= 11 is 7.37. The predicted octanol–water partition coefficient (Wildman–Crippen LogP) is 3.58. The molecule has 0 radical (unpaired) electrons. The van der Waals surface area contributed by atoms with Crippen molar-refractivity contribution in [3.8, 4) is 0 Å². The molecule has 0 aliphatic rings. The van der Waals surface area contributed by atoms with Crippen LogP contribution in [0.5, 0.6) is 0 Å². The van der Waals surface area contributed by atoms with E-state index in [1.807, 2.05) is 6.92 Å². The van der Waals surface area contributed by atoms with Crippen molar-refractivity contribution in [2.45, 2.75) is 6.92 Å². The van der Waals surface area contributed by atoms with Crippen LogP contribution in [0, 0.1) is 6.92 Å². The average Bonchev–Trinajstić information content (AvgIpc) is 2.96. The minimum atomic E-state index is -0.334. The normalized spacial score (nSPS) is 11.2. The number of hydrogen-bond acceptors (Lipinski definition) is 5. The lowest BCUT2D eigenvalue weighted by Gasteiger charge is -1.99. The van der Waals surface area contributed by atoms with Gasteiger partial charge in [-0.05, 0) is 31.2 Å². The summed E-state index contributed by atoms with van der Waals surface area (Å²) in [6.45, 7) is 1.91. The number of carbonyl (C=O) groups is 1. The van der Waals surface area contributed by atoms with Crippen LogP contribution in [-0.4, -0.2) is 12.1 Å². The van der Waals surface area contributed by atoms with E-state index in [4.69, 9.17) is 16.0 Å². The van der Waals surface area contributed by atoms with E-state index < -0.39 is 0 Å². The van der Waals surface area contributed by atoms with Crippen LogP contribution < -0.4 is 10.9 Å². The van der Waals surface area contributed by atoms with Gasteiger partial charge in [-0.3, -0.25) is 9.59 Å². The molecule has 3 aromatic rings. The van der Waals surface area contributed by atoms with Crippen LogP contribution in [0.1, 0.15) is 20.8 Å². The maximum Gasteiger partial charge on any atom is 0.272 e. The summed E-state index contributed by atoms with van der Waals surface area (Å²) in [5.74, 6) is -0.334. The molecule has 1 amide bonds. The Bertz CT molecular complexity index is 975. The number of nitrogens with one attached hydrogen (secondary N) is 1. The van der Waals surface area contributed by atoms with E-state index in [2.05, 4.69) is 10.5 Å². The lowest BCUT2D eigenvalue weighted by atomic mass is 10.2. The molecule has 1 aromatic carbocycles. The third-order valence-electron chi connectivity index (χ3n) is 3.12. The van der Waals surface area contributed by atoms with E-state index in [1.165, 1.54) is 29.9 Å². The SMILES string of the molecule is Cc1cc(C(=O)NN=Cc2coc3ccc(Cl)cc3c2=O)cs1. The number of rotatable bonds is 3. The molecule has 23 heavy (non-hydrogen) atoms. The Morgan fingerprint density at radius 2 is 2.22 bits per heavy atom. The number of fused-ring (bicyclic) bond motifs is 1. The smallest absolute Gasteiger partial charge is 0.272 e. The van der Waals surface area contributed by atoms with Crippen molar-refractivity contribution in [1.82, 2.24) is 5.43 Å². The van der Waals surface area contributed by atoms with Crippen LogP contribution in [0.4, 0.5) is 0 Å². The monoisotopic (exact) mass is 346 g/mol. The van der Waals surface area contributed by atoms with Crippen LogP contribution in [-0.2, 0) is 0 Å². The fourth-order valence-corrected chi connectivity index (χ4v) is 2.85. The number of halogens is 1. The third-order valence-corrected chi connectivity index (χ3v) is 4.22. The van der Waals surface area contributed by atoms with E-state index in [1.54, 1.807) is 23.6 Å². The molecule has 0 spiro atoms. The second-order valence-corrected chi connectivity index (χ2v) is 6.36.